The molecule has 0 saturated carbocycles. The van der Waals surface area contributed by atoms with E-state index in [-0.39, 0.29) is 39.8 Å². The molecule has 0 unspecified atom stereocenters. The highest BCUT2D eigenvalue weighted by Gasteiger charge is 2.33. The molecule has 12 heteroatoms. The van der Waals surface area contributed by atoms with E-state index < -0.39 is 27.5 Å². The Morgan fingerprint density at radius 3 is 2.61 bits per heavy atom. The second-order valence-corrected chi connectivity index (χ2v) is 12.2. The molecule has 0 radical (unpaired) electrons. The molecule has 0 spiro atoms. The number of carbonyl (C=O) groups excluding carboxylic acids is 1. The molecule has 4 rings (SSSR count). The number of anilines is 1. The maximum Gasteiger partial charge on any atom is 0.410 e. The van der Waals surface area contributed by atoms with E-state index in [2.05, 4.69) is 15.3 Å². The van der Waals surface area contributed by atoms with E-state index >= 15 is 4.39 Å². The Kier molecular flexibility index (Phi) is 7.16. The van der Waals surface area contributed by atoms with Gasteiger partial charge in [-0.3, -0.25) is 0 Å². The zero-order valence-electron chi connectivity index (χ0n) is 20.5. The number of rotatable bonds is 5. The van der Waals surface area contributed by atoms with E-state index in [9.17, 15) is 13.2 Å². The van der Waals surface area contributed by atoms with Gasteiger partial charge in [-0.15, -0.1) is 0 Å². The number of benzene rings is 1. The fraction of sp³-hybridized carbons (Fsp3) is 0.458. The number of piperidine rings is 1. The van der Waals surface area contributed by atoms with Gasteiger partial charge in [0.05, 0.1) is 17.3 Å². The van der Waals surface area contributed by atoms with Crippen LogP contribution >= 0.6 is 11.6 Å². The smallest absolute Gasteiger partial charge is 0.410 e. The van der Waals surface area contributed by atoms with Crippen LogP contribution in [-0.4, -0.2) is 58.1 Å². The lowest BCUT2D eigenvalue weighted by atomic mass is 9.93. The Balaban J connectivity index is 1.65. The van der Waals surface area contributed by atoms with Crippen LogP contribution < -0.4 is 5.32 Å². The van der Waals surface area contributed by atoms with Crippen LogP contribution in [0.3, 0.4) is 0 Å². The van der Waals surface area contributed by atoms with Gasteiger partial charge >= 0.3 is 6.09 Å². The van der Waals surface area contributed by atoms with Gasteiger partial charge in [0.1, 0.15) is 11.4 Å². The molecule has 1 saturated heterocycles. The highest BCUT2D eigenvalue weighted by molar-refractivity contribution is 7.89. The Labute approximate surface area is 214 Å². The lowest BCUT2D eigenvalue weighted by molar-refractivity contribution is 0.0176. The average molecular weight is 538 g/mol. The number of aromatic nitrogens is 3. The van der Waals surface area contributed by atoms with Crippen LogP contribution in [0.2, 0.25) is 5.28 Å². The van der Waals surface area contributed by atoms with Crippen molar-refractivity contribution in [2.75, 3.05) is 18.4 Å². The summed E-state index contributed by atoms with van der Waals surface area (Å²) >= 11 is 6.14. The molecule has 1 aromatic carbocycles. The van der Waals surface area contributed by atoms with Crippen molar-refractivity contribution in [3.8, 4) is 0 Å². The Morgan fingerprint density at radius 2 is 1.94 bits per heavy atom. The molecule has 1 fully saturated rings. The fourth-order valence-electron chi connectivity index (χ4n) is 4.13. The largest absolute Gasteiger partial charge is 0.444 e. The molecule has 1 aliphatic rings. The molecule has 0 bridgehead atoms. The predicted molar refractivity (Wildman–Crippen MR) is 136 cm³/mol. The third kappa shape index (κ3) is 5.73. The second-order valence-electron chi connectivity index (χ2n) is 10.00. The average Bonchev–Trinajstić information content (AvgIpc) is 3.11. The van der Waals surface area contributed by atoms with Gasteiger partial charge in [-0.2, -0.15) is 9.97 Å². The SMILES string of the molecule is C[C@@H]1CCN(C(=O)OC(C)(C)C)C[C@@H]1Nc1nc(Cl)nc2c1c(F)cn2S(=O)(=O)Cc1ccccc1. The first kappa shape index (κ1) is 26.2. The zero-order chi connectivity index (χ0) is 26.3. The van der Waals surface area contributed by atoms with Crippen LogP contribution in [0, 0.1) is 11.7 Å². The first-order valence-electron chi connectivity index (χ1n) is 11.6. The van der Waals surface area contributed by atoms with Crippen LogP contribution in [0.15, 0.2) is 36.5 Å². The van der Waals surface area contributed by atoms with Crippen molar-refractivity contribution in [1.29, 1.82) is 0 Å². The van der Waals surface area contributed by atoms with Crippen molar-refractivity contribution in [1.82, 2.24) is 18.8 Å². The van der Waals surface area contributed by atoms with Gasteiger partial charge in [0, 0.05) is 19.1 Å². The van der Waals surface area contributed by atoms with Crippen LogP contribution in [0.25, 0.3) is 11.0 Å². The van der Waals surface area contributed by atoms with E-state index in [1.165, 1.54) is 0 Å². The van der Waals surface area contributed by atoms with Gasteiger partial charge in [-0.25, -0.2) is 21.6 Å². The van der Waals surface area contributed by atoms with Crippen molar-refractivity contribution < 1.29 is 22.3 Å². The van der Waals surface area contributed by atoms with Gasteiger partial charge < -0.3 is 15.0 Å². The topological polar surface area (TPSA) is 106 Å². The summed E-state index contributed by atoms with van der Waals surface area (Å²) in [5.41, 5.74) is -0.234. The number of hydrogen-bond acceptors (Lipinski definition) is 7. The van der Waals surface area contributed by atoms with E-state index in [0.29, 0.717) is 25.1 Å². The van der Waals surface area contributed by atoms with Crippen molar-refractivity contribution in [2.45, 2.75) is 51.5 Å². The highest BCUT2D eigenvalue weighted by atomic mass is 35.5. The molecule has 194 valence electrons. The Bertz CT molecular complexity index is 1370. The van der Waals surface area contributed by atoms with Crippen LogP contribution in [-0.2, 0) is 20.5 Å². The summed E-state index contributed by atoms with van der Waals surface area (Å²) in [6.07, 6.45) is 1.14. The molecule has 1 amide bonds. The molecule has 36 heavy (non-hydrogen) atoms. The molecule has 0 aliphatic carbocycles. The number of likely N-dealkylation sites (tertiary alicyclic amines) is 1. The second kappa shape index (κ2) is 9.85. The lowest BCUT2D eigenvalue weighted by Gasteiger charge is -2.38. The molecule has 3 heterocycles. The minimum absolute atomic E-state index is 0.0686. The summed E-state index contributed by atoms with van der Waals surface area (Å²) in [5, 5.41) is 2.87. The van der Waals surface area contributed by atoms with E-state index in [1.54, 1.807) is 56.0 Å². The van der Waals surface area contributed by atoms with E-state index in [0.717, 1.165) is 10.2 Å². The lowest BCUT2D eigenvalue weighted by Crippen LogP contribution is -2.50. The van der Waals surface area contributed by atoms with Gasteiger partial charge in [0.25, 0.3) is 0 Å². The first-order valence-corrected chi connectivity index (χ1v) is 13.6. The van der Waals surface area contributed by atoms with Gasteiger partial charge in [0.2, 0.25) is 15.3 Å². The number of ether oxygens (including phenoxy) is 1. The van der Waals surface area contributed by atoms with Gasteiger partial charge in [-0.05, 0) is 50.3 Å². The Hall–Kier alpha value is -2.92. The summed E-state index contributed by atoms with van der Waals surface area (Å²) in [6, 6.07) is 8.29. The fourth-order valence-corrected chi connectivity index (χ4v) is 5.69. The molecule has 1 N–H and O–H groups in total. The first-order chi connectivity index (χ1) is 16.8. The van der Waals surface area contributed by atoms with E-state index in [1.807, 2.05) is 6.92 Å². The number of nitrogens with one attached hydrogen (secondary N) is 1. The van der Waals surface area contributed by atoms with Crippen molar-refractivity contribution in [2.24, 2.45) is 5.92 Å². The number of amides is 1. The highest BCUT2D eigenvalue weighted by Crippen LogP contribution is 2.31. The van der Waals surface area contributed by atoms with Crippen LogP contribution in [0.5, 0.6) is 0 Å². The minimum Gasteiger partial charge on any atom is -0.444 e. The summed E-state index contributed by atoms with van der Waals surface area (Å²) in [7, 11) is -4.00. The molecular formula is C24H29ClFN5O4S. The zero-order valence-corrected chi connectivity index (χ0v) is 22.1. The van der Waals surface area contributed by atoms with Gasteiger partial charge in [0.15, 0.2) is 11.5 Å². The molecular weight excluding hydrogens is 509 g/mol. The van der Waals surface area contributed by atoms with E-state index in [4.69, 9.17) is 16.3 Å². The van der Waals surface area contributed by atoms with Crippen LogP contribution in [0.4, 0.5) is 15.0 Å². The molecule has 2 atom stereocenters. The predicted octanol–water partition coefficient (Wildman–Crippen LogP) is 4.66. The summed E-state index contributed by atoms with van der Waals surface area (Å²) < 4.78 is 47.8. The number of fused-ring (bicyclic) bond motifs is 1. The third-order valence-electron chi connectivity index (χ3n) is 5.96. The quantitative estimate of drug-likeness (QED) is 0.472. The molecule has 1 aliphatic heterocycles. The van der Waals surface area contributed by atoms with Crippen molar-refractivity contribution in [3.05, 3.63) is 53.2 Å². The monoisotopic (exact) mass is 537 g/mol. The maximum atomic E-state index is 15.2. The van der Waals surface area contributed by atoms with Crippen LogP contribution in [0.1, 0.15) is 39.7 Å². The molecule has 9 nitrogen and oxygen atoms in total. The van der Waals surface area contributed by atoms with Crippen molar-refractivity contribution in [3.63, 3.8) is 0 Å². The number of hydrogen-bond donors (Lipinski definition) is 1. The maximum absolute atomic E-state index is 15.2. The Morgan fingerprint density at radius 1 is 1.25 bits per heavy atom. The third-order valence-corrected chi connectivity index (χ3v) is 7.71. The number of halogens is 2. The number of nitrogens with zero attached hydrogens (tertiary/aromatic N) is 4. The molecule has 3 aromatic rings. The minimum atomic E-state index is -4.00. The standard InChI is InChI=1S/C24H29ClFN5O4S/c1-15-10-11-30(23(32)35-24(2,3)4)13-18(15)27-20-19-17(26)12-31(21(19)29-22(25)28-20)36(33,34)14-16-8-6-5-7-9-16/h5-9,12,15,18H,10-11,13-14H2,1-4H3,(H,27,28,29)/t15-,18+/m1/s1. The van der Waals surface area contributed by atoms with Gasteiger partial charge in [-0.1, -0.05) is 37.3 Å². The molecule has 2 aromatic heterocycles. The van der Waals surface area contributed by atoms with Crippen molar-refractivity contribution >= 4 is 44.6 Å². The summed E-state index contributed by atoms with van der Waals surface area (Å²) in [4.78, 5) is 22.4. The normalized spacial score (nSPS) is 18.9. The summed E-state index contributed by atoms with van der Waals surface area (Å²) in [6.45, 7) is 8.23. The summed E-state index contributed by atoms with van der Waals surface area (Å²) in [5.74, 6) is -0.960. The number of carbonyl (C=O) groups is 1.